The Hall–Kier alpha value is -2.70. The van der Waals surface area contributed by atoms with E-state index in [-0.39, 0.29) is 12.4 Å². The Bertz CT molecular complexity index is 1020. The van der Waals surface area contributed by atoms with Crippen LogP contribution >= 0.6 is 23.2 Å². The number of carbonyl (C=O) groups excluding carboxylic acids is 1. The van der Waals surface area contributed by atoms with Crippen molar-refractivity contribution in [3.63, 3.8) is 0 Å². The van der Waals surface area contributed by atoms with Crippen molar-refractivity contribution in [2.24, 2.45) is 0 Å². The molecule has 0 unspecified atom stereocenters. The number of aromatic nitrogens is 2. The Balaban J connectivity index is 1.73. The zero-order valence-corrected chi connectivity index (χ0v) is 14.8. The van der Waals surface area contributed by atoms with Crippen molar-refractivity contribution in [3.05, 3.63) is 81.1 Å². The molecule has 3 rings (SSSR count). The minimum atomic E-state index is -0.415. The van der Waals surface area contributed by atoms with Crippen molar-refractivity contribution in [2.75, 3.05) is 5.32 Å². The van der Waals surface area contributed by atoms with Crippen LogP contribution in [-0.4, -0.2) is 15.5 Å². The van der Waals surface area contributed by atoms with Crippen LogP contribution in [0, 0.1) is 5.82 Å². The molecular formula is C18H12Cl2FN3O2. The summed E-state index contributed by atoms with van der Waals surface area (Å²) in [5.74, 6) is -0.789. The normalized spacial score (nSPS) is 10.6. The van der Waals surface area contributed by atoms with Gasteiger partial charge in [-0.25, -0.2) is 9.37 Å². The van der Waals surface area contributed by atoms with Crippen molar-refractivity contribution in [1.29, 1.82) is 0 Å². The first kappa shape index (κ1) is 18.1. The molecule has 0 aliphatic carbocycles. The highest BCUT2D eigenvalue weighted by molar-refractivity contribution is 6.42. The summed E-state index contributed by atoms with van der Waals surface area (Å²) in [5.41, 5.74) is 1.07. The van der Waals surface area contributed by atoms with E-state index in [1.54, 1.807) is 12.1 Å². The Kier molecular flexibility index (Phi) is 5.35. The van der Waals surface area contributed by atoms with Gasteiger partial charge in [0.1, 0.15) is 12.4 Å². The van der Waals surface area contributed by atoms with E-state index in [9.17, 15) is 14.0 Å². The Morgan fingerprint density at radius 1 is 1.08 bits per heavy atom. The first-order valence-electron chi connectivity index (χ1n) is 7.50. The first-order chi connectivity index (χ1) is 12.4. The molecule has 0 spiro atoms. The minimum Gasteiger partial charge on any atom is -0.324 e. The van der Waals surface area contributed by atoms with Gasteiger partial charge < -0.3 is 5.32 Å². The fourth-order valence-electron chi connectivity index (χ4n) is 2.25. The van der Waals surface area contributed by atoms with Crippen molar-refractivity contribution >= 4 is 34.8 Å². The number of carbonyl (C=O) groups is 1. The van der Waals surface area contributed by atoms with E-state index in [1.807, 2.05) is 0 Å². The van der Waals surface area contributed by atoms with E-state index in [4.69, 9.17) is 23.2 Å². The number of hydrogen-bond donors (Lipinski definition) is 1. The van der Waals surface area contributed by atoms with Crippen molar-refractivity contribution in [3.8, 4) is 11.3 Å². The lowest BCUT2D eigenvalue weighted by Gasteiger charge is -2.09. The third-order valence-electron chi connectivity index (χ3n) is 3.54. The second kappa shape index (κ2) is 7.68. The molecular weight excluding hydrogens is 380 g/mol. The molecule has 2 aromatic carbocycles. The van der Waals surface area contributed by atoms with E-state index >= 15 is 0 Å². The molecule has 5 nitrogen and oxygen atoms in total. The third-order valence-corrected chi connectivity index (χ3v) is 4.28. The molecule has 132 valence electrons. The monoisotopic (exact) mass is 391 g/mol. The topological polar surface area (TPSA) is 64.0 Å². The van der Waals surface area contributed by atoms with Gasteiger partial charge in [-0.2, -0.15) is 0 Å². The van der Waals surface area contributed by atoms with Crippen LogP contribution in [0.3, 0.4) is 0 Å². The van der Waals surface area contributed by atoms with Crippen LogP contribution in [0.4, 0.5) is 10.1 Å². The van der Waals surface area contributed by atoms with Gasteiger partial charge in [-0.3, -0.25) is 14.2 Å². The zero-order chi connectivity index (χ0) is 18.7. The van der Waals surface area contributed by atoms with Gasteiger partial charge in [0.25, 0.3) is 5.56 Å². The molecule has 3 aromatic rings. The molecule has 0 radical (unpaired) electrons. The van der Waals surface area contributed by atoms with Gasteiger partial charge in [-0.1, -0.05) is 23.2 Å². The maximum atomic E-state index is 13.0. The maximum Gasteiger partial charge on any atom is 0.254 e. The highest BCUT2D eigenvalue weighted by Crippen LogP contribution is 2.25. The fraction of sp³-hybridized carbons (Fsp3) is 0.0556. The molecule has 1 aromatic heterocycles. The lowest BCUT2D eigenvalue weighted by atomic mass is 10.1. The van der Waals surface area contributed by atoms with Crippen LogP contribution in [0.15, 0.2) is 59.7 Å². The maximum absolute atomic E-state index is 13.0. The Morgan fingerprint density at radius 3 is 2.46 bits per heavy atom. The number of anilines is 1. The molecule has 8 heteroatoms. The van der Waals surface area contributed by atoms with Gasteiger partial charge in [0.15, 0.2) is 0 Å². The number of rotatable bonds is 4. The summed E-state index contributed by atoms with van der Waals surface area (Å²) >= 11 is 11.7. The van der Waals surface area contributed by atoms with Gasteiger partial charge in [-0.15, -0.1) is 0 Å². The summed E-state index contributed by atoms with van der Waals surface area (Å²) in [6.45, 7) is -0.213. The molecule has 0 atom stereocenters. The van der Waals surface area contributed by atoms with Crippen LogP contribution in [0.2, 0.25) is 10.0 Å². The van der Waals surface area contributed by atoms with Gasteiger partial charge >= 0.3 is 0 Å². The predicted octanol–water partition coefficient (Wildman–Crippen LogP) is 3.99. The van der Waals surface area contributed by atoms with Crippen LogP contribution in [0.25, 0.3) is 11.3 Å². The van der Waals surface area contributed by atoms with Crippen molar-refractivity contribution < 1.29 is 9.18 Å². The standard InChI is InChI=1S/C18H12Cl2FN3O2/c19-14-6-5-13(7-15(14)20)23-17(25)9-24-10-22-16(8-18(24)26)11-1-3-12(21)4-2-11/h1-8,10H,9H2,(H,23,25). The van der Waals surface area contributed by atoms with Crippen LogP contribution in [0.5, 0.6) is 0 Å². The molecule has 1 N–H and O–H groups in total. The molecule has 0 aliphatic heterocycles. The molecule has 0 bridgehead atoms. The largest absolute Gasteiger partial charge is 0.324 e. The third kappa shape index (κ3) is 4.28. The number of nitrogens with zero attached hydrogens (tertiary/aromatic N) is 2. The second-order valence-electron chi connectivity index (χ2n) is 5.42. The summed E-state index contributed by atoms with van der Waals surface area (Å²) in [7, 11) is 0. The smallest absolute Gasteiger partial charge is 0.254 e. The predicted molar refractivity (Wildman–Crippen MR) is 99.0 cm³/mol. The molecule has 1 amide bonds. The van der Waals surface area contributed by atoms with Gasteiger partial charge in [0.2, 0.25) is 5.91 Å². The van der Waals surface area contributed by atoms with Gasteiger partial charge in [-0.05, 0) is 42.5 Å². The summed E-state index contributed by atoms with van der Waals surface area (Å²) in [6.07, 6.45) is 1.27. The Morgan fingerprint density at radius 2 is 1.81 bits per heavy atom. The van der Waals surface area contributed by atoms with E-state index in [0.29, 0.717) is 27.0 Å². The number of amides is 1. The number of benzene rings is 2. The molecule has 0 fully saturated rings. The highest BCUT2D eigenvalue weighted by Gasteiger charge is 2.09. The summed E-state index contributed by atoms with van der Waals surface area (Å²) in [5, 5.41) is 3.32. The van der Waals surface area contributed by atoms with Crippen molar-refractivity contribution in [1.82, 2.24) is 9.55 Å². The minimum absolute atomic E-state index is 0.213. The van der Waals surface area contributed by atoms with Crippen LogP contribution in [0.1, 0.15) is 0 Å². The van der Waals surface area contributed by atoms with Crippen LogP contribution in [-0.2, 0) is 11.3 Å². The summed E-state index contributed by atoms with van der Waals surface area (Å²) < 4.78 is 14.1. The molecule has 26 heavy (non-hydrogen) atoms. The highest BCUT2D eigenvalue weighted by atomic mass is 35.5. The number of halogens is 3. The van der Waals surface area contributed by atoms with Crippen LogP contribution < -0.4 is 10.9 Å². The quantitative estimate of drug-likeness (QED) is 0.730. The summed E-state index contributed by atoms with van der Waals surface area (Å²) in [6, 6.07) is 11.6. The van der Waals surface area contributed by atoms with E-state index in [0.717, 1.165) is 0 Å². The lowest BCUT2D eigenvalue weighted by Crippen LogP contribution is -2.27. The average Bonchev–Trinajstić information content (AvgIpc) is 2.60. The van der Waals surface area contributed by atoms with E-state index < -0.39 is 11.5 Å². The number of nitrogens with one attached hydrogen (secondary N) is 1. The summed E-state index contributed by atoms with van der Waals surface area (Å²) in [4.78, 5) is 28.5. The number of hydrogen-bond acceptors (Lipinski definition) is 3. The van der Waals surface area contributed by atoms with Gasteiger partial charge in [0, 0.05) is 17.3 Å². The molecule has 0 saturated carbocycles. The lowest BCUT2D eigenvalue weighted by molar-refractivity contribution is -0.116. The Labute approximate surface area is 158 Å². The second-order valence-corrected chi connectivity index (χ2v) is 6.24. The van der Waals surface area contributed by atoms with Gasteiger partial charge in [0.05, 0.1) is 22.1 Å². The van der Waals surface area contributed by atoms with E-state index in [2.05, 4.69) is 10.3 Å². The SMILES string of the molecule is O=C(Cn1cnc(-c2ccc(F)cc2)cc1=O)Nc1ccc(Cl)c(Cl)c1. The van der Waals surface area contributed by atoms with E-state index in [1.165, 1.54) is 47.3 Å². The fourth-order valence-corrected chi connectivity index (χ4v) is 2.55. The molecule has 1 heterocycles. The molecule has 0 saturated heterocycles. The van der Waals surface area contributed by atoms with Crippen molar-refractivity contribution in [2.45, 2.75) is 6.54 Å². The average molecular weight is 392 g/mol. The zero-order valence-electron chi connectivity index (χ0n) is 13.2. The first-order valence-corrected chi connectivity index (χ1v) is 8.25. The molecule has 0 aliphatic rings.